The van der Waals surface area contributed by atoms with Gasteiger partial charge < -0.3 is 9.47 Å². The summed E-state index contributed by atoms with van der Waals surface area (Å²) in [7, 11) is 3.39. The molecule has 2 aromatic heterocycles. The Hall–Kier alpha value is -3.52. The number of methoxy groups -OCH3 is 1. The van der Waals surface area contributed by atoms with E-state index in [2.05, 4.69) is 78.2 Å². The SMILES string of the molecule is CC[C@@H]1CN(Cc2cc([C@H](C(C)(C)C(=O)OC)C3(C)C=Cc4c(nnn4C)C3C)ccc2C)Cc2ncccc2O1. The molecule has 3 aromatic rings. The lowest BCUT2D eigenvalue weighted by molar-refractivity contribution is -0.154. The molecule has 3 heterocycles. The van der Waals surface area contributed by atoms with Gasteiger partial charge in [0, 0.05) is 50.1 Å². The number of esters is 1. The summed E-state index contributed by atoms with van der Waals surface area (Å²) in [5, 5.41) is 8.82. The fraction of sp³-hybridized carbons (Fsp3) is 0.515. The van der Waals surface area contributed by atoms with E-state index in [0.717, 1.165) is 54.4 Å². The normalized spacial score (nSPS) is 23.2. The smallest absolute Gasteiger partial charge is 0.311 e. The number of hydrogen-bond donors (Lipinski definition) is 0. The van der Waals surface area contributed by atoms with Crippen LogP contribution in [0.5, 0.6) is 5.75 Å². The minimum atomic E-state index is -0.805. The number of nitrogens with zero attached hydrogens (tertiary/aromatic N) is 5. The zero-order valence-electron chi connectivity index (χ0n) is 25.6. The van der Waals surface area contributed by atoms with Crippen LogP contribution in [0.2, 0.25) is 0 Å². The fourth-order valence-corrected chi connectivity index (χ4v) is 6.91. The Morgan fingerprint density at radius 1 is 1.29 bits per heavy atom. The number of aromatic nitrogens is 4. The van der Waals surface area contributed by atoms with Crippen molar-refractivity contribution >= 4 is 12.0 Å². The first-order valence-corrected chi connectivity index (χ1v) is 14.6. The van der Waals surface area contributed by atoms with Gasteiger partial charge >= 0.3 is 5.97 Å². The summed E-state index contributed by atoms with van der Waals surface area (Å²) >= 11 is 0. The van der Waals surface area contributed by atoms with E-state index in [1.807, 2.05) is 43.9 Å². The number of fused-ring (bicyclic) bond motifs is 2. The first-order valence-electron chi connectivity index (χ1n) is 14.6. The van der Waals surface area contributed by atoms with Crippen molar-refractivity contribution in [3.05, 3.63) is 76.4 Å². The Morgan fingerprint density at radius 2 is 2.07 bits per heavy atom. The van der Waals surface area contributed by atoms with Crippen LogP contribution < -0.4 is 4.74 Å². The van der Waals surface area contributed by atoms with E-state index < -0.39 is 10.8 Å². The fourth-order valence-electron chi connectivity index (χ4n) is 6.91. The minimum absolute atomic E-state index is 0.0329. The Kier molecular flexibility index (Phi) is 7.81. The van der Waals surface area contributed by atoms with E-state index in [9.17, 15) is 4.79 Å². The molecule has 8 nitrogen and oxygen atoms in total. The van der Waals surface area contributed by atoms with Crippen molar-refractivity contribution in [1.82, 2.24) is 24.9 Å². The summed E-state index contributed by atoms with van der Waals surface area (Å²) in [4.78, 5) is 20.4. The molecule has 8 heteroatoms. The van der Waals surface area contributed by atoms with Crippen LogP contribution >= 0.6 is 0 Å². The summed E-state index contributed by atoms with van der Waals surface area (Å²) < 4.78 is 13.5. The van der Waals surface area contributed by atoms with Crippen molar-refractivity contribution in [2.45, 2.75) is 79.0 Å². The Balaban J connectivity index is 1.56. The summed E-state index contributed by atoms with van der Waals surface area (Å²) in [5.41, 5.74) is 5.28. The monoisotopic (exact) mass is 557 g/mol. The first-order chi connectivity index (χ1) is 19.5. The van der Waals surface area contributed by atoms with Crippen LogP contribution in [0.15, 0.2) is 42.6 Å². The second kappa shape index (κ2) is 11.0. The number of hydrogen-bond acceptors (Lipinski definition) is 7. The van der Waals surface area contributed by atoms with Crippen LogP contribution in [0.4, 0.5) is 0 Å². The van der Waals surface area contributed by atoms with Crippen LogP contribution in [0.1, 0.15) is 86.6 Å². The standard InChI is InChI=1S/C33H43N5O3/c1-9-25-19-38(20-26-28(41-25)11-10-16-34-26)18-24-17-23(13-12-21(24)2)30(32(4,5)31(39)40-8)33(6)15-14-27-29(22(33)3)35-36-37(27)7/h10-17,22,25,30H,9,18-20H2,1-8H3/t22?,25-,30-,33?/m1/s1. The third-order valence-electron chi connectivity index (χ3n) is 9.43. The van der Waals surface area contributed by atoms with Crippen molar-refractivity contribution in [3.63, 3.8) is 0 Å². The van der Waals surface area contributed by atoms with Gasteiger partial charge in [-0.3, -0.25) is 14.7 Å². The van der Waals surface area contributed by atoms with Gasteiger partial charge in [-0.25, -0.2) is 4.68 Å². The number of carbonyl (C=O) groups excluding carboxylic acids is 1. The Labute approximate surface area is 243 Å². The van der Waals surface area contributed by atoms with Crippen molar-refractivity contribution in [2.75, 3.05) is 13.7 Å². The van der Waals surface area contributed by atoms with Gasteiger partial charge in [0.1, 0.15) is 11.9 Å². The topological polar surface area (TPSA) is 82.4 Å². The van der Waals surface area contributed by atoms with Crippen LogP contribution in [0.25, 0.3) is 6.08 Å². The highest BCUT2D eigenvalue weighted by molar-refractivity contribution is 5.78. The van der Waals surface area contributed by atoms with Crippen molar-refractivity contribution in [2.24, 2.45) is 17.9 Å². The Morgan fingerprint density at radius 3 is 2.80 bits per heavy atom. The van der Waals surface area contributed by atoms with E-state index in [1.54, 1.807) is 0 Å². The van der Waals surface area contributed by atoms with E-state index in [-0.39, 0.29) is 23.9 Å². The summed E-state index contributed by atoms with van der Waals surface area (Å²) in [6.07, 6.45) is 7.21. The first kappa shape index (κ1) is 29.0. The molecule has 5 rings (SSSR count). The lowest BCUT2D eigenvalue weighted by Crippen LogP contribution is -2.44. The molecule has 2 aliphatic rings. The molecular formula is C33H43N5O3. The second-order valence-electron chi connectivity index (χ2n) is 12.5. The van der Waals surface area contributed by atoms with E-state index >= 15 is 0 Å². The number of benzene rings is 1. The van der Waals surface area contributed by atoms with Crippen molar-refractivity contribution < 1.29 is 14.3 Å². The molecule has 2 unspecified atom stereocenters. The molecule has 0 saturated carbocycles. The van der Waals surface area contributed by atoms with E-state index in [0.29, 0.717) is 0 Å². The third-order valence-corrected chi connectivity index (χ3v) is 9.43. The van der Waals surface area contributed by atoms with Crippen LogP contribution in [0.3, 0.4) is 0 Å². The second-order valence-corrected chi connectivity index (χ2v) is 12.5. The number of carbonyl (C=O) groups is 1. The molecule has 1 aromatic carbocycles. The molecule has 0 fully saturated rings. The van der Waals surface area contributed by atoms with Gasteiger partial charge in [-0.1, -0.05) is 50.3 Å². The minimum Gasteiger partial charge on any atom is -0.487 e. The van der Waals surface area contributed by atoms with Crippen LogP contribution in [-0.4, -0.2) is 50.6 Å². The maximum Gasteiger partial charge on any atom is 0.311 e. The summed E-state index contributed by atoms with van der Waals surface area (Å²) in [6.45, 7) is 15.1. The molecule has 0 spiro atoms. The van der Waals surface area contributed by atoms with Gasteiger partial charge in [-0.05, 0) is 62.1 Å². The Bertz CT molecular complexity index is 1460. The van der Waals surface area contributed by atoms with E-state index in [1.165, 1.54) is 18.2 Å². The average Bonchev–Trinajstić information content (AvgIpc) is 3.22. The van der Waals surface area contributed by atoms with Gasteiger partial charge in [0.05, 0.1) is 29.6 Å². The lowest BCUT2D eigenvalue weighted by Gasteiger charge is -2.48. The quantitative estimate of drug-likeness (QED) is 0.339. The average molecular weight is 558 g/mol. The van der Waals surface area contributed by atoms with Gasteiger partial charge in [0.15, 0.2) is 0 Å². The number of allylic oxidation sites excluding steroid dienone is 1. The summed E-state index contributed by atoms with van der Waals surface area (Å²) in [5.74, 6) is 0.503. The van der Waals surface area contributed by atoms with Crippen molar-refractivity contribution in [1.29, 1.82) is 0 Å². The number of pyridine rings is 1. The van der Waals surface area contributed by atoms with E-state index in [4.69, 9.17) is 9.47 Å². The molecule has 0 saturated heterocycles. The predicted molar refractivity (Wildman–Crippen MR) is 159 cm³/mol. The zero-order valence-corrected chi connectivity index (χ0v) is 25.6. The molecule has 0 amide bonds. The molecule has 41 heavy (non-hydrogen) atoms. The van der Waals surface area contributed by atoms with Crippen LogP contribution in [-0.2, 0) is 29.7 Å². The predicted octanol–water partition coefficient (Wildman–Crippen LogP) is 5.81. The molecule has 218 valence electrons. The summed E-state index contributed by atoms with van der Waals surface area (Å²) in [6, 6.07) is 10.6. The number of aryl methyl sites for hydroxylation is 2. The highest BCUT2D eigenvalue weighted by Crippen LogP contribution is 2.57. The lowest BCUT2D eigenvalue weighted by atomic mass is 9.55. The maximum absolute atomic E-state index is 13.4. The van der Waals surface area contributed by atoms with Gasteiger partial charge in [0.2, 0.25) is 0 Å². The highest BCUT2D eigenvalue weighted by Gasteiger charge is 2.52. The van der Waals surface area contributed by atoms with Gasteiger partial charge in [-0.2, -0.15) is 0 Å². The number of rotatable bonds is 7. The van der Waals surface area contributed by atoms with Crippen LogP contribution in [0, 0.1) is 17.8 Å². The highest BCUT2D eigenvalue weighted by atomic mass is 16.5. The largest absolute Gasteiger partial charge is 0.487 e. The molecule has 4 atom stereocenters. The third kappa shape index (κ3) is 5.18. The molecule has 0 bridgehead atoms. The maximum atomic E-state index is 13.4. The molecular weight excluding hydrogens is 514 g/mol. The zero-order chi connectivity index (χ0) is 29.5. The van der Waals surface area contributed by atoms with Gasteiger partial charge in [0.25, 0.3) is 0 Å². The van der Waals surface area contributed by atoms with Crippen molar-refractivity contribution in [3.8, 4) is 5.75 Å². The molecule has 1 aliphatic carbocycles. The molecule has 1 aliphatic heterocycles. The van der Waals surface area contributed by atoms with Gasteiger partial charge in [-0.15, -0.1) is 5.10 Å². The number of ether oxygens (including phenoxy) is 2. The molecule has 0 N–H and O–H groups in total. The molecule has 0 radical (unpaired) electrons.